The number of rotatable bonds is 2. The van der Waals surface area contributed by atoms with Gasteiger partial charge in [0.15, 0.2) is 0 Å². The van der Waals surface area contributed by atoms with Crippen LogP contribution in [0.3, 0.4) is 0 Å². The van der Waals surface area contributed by atoms with Crippen molar-refractivity contribution >= 4 is 49.3 Å². The molecule has 1 aromatic carbocycles. The molecule has 6 heteroatoms. The second-order valence-corrected chi connectivity index (χ2v) is 5.88. The molecule has 1 amide bonds. The molecule has 0 aliphatic carbocycles. The number of anilines is 2. The number of nitrogens with two attached hydrogens (primary N) is 1. The lowest BCUT2D eigenvalue weighted by atomic mass is 10.2. The van der Waals surface area contributed by atoms with Crippen LogP contribution >= 0.6 is 31.9 Å². The normalized spacial score (nSPS) is 10.3. The van der Waals surface area contributed by atoms with Crippen molar-refractivity contribution in [1.82, 2.24) is 4.98 Å². The minimum Gasteiger partial charge on any atom is -0.399 e. The summed E-state index contributed by atoms with van der Waals surface area (Å²) in [5, 5.41) is 2.76. The fourth-order valence-corrected chi connectivity index (χ4v) is 2.55. The molecule has 0 aliphatic rings. The highest BCUT2D eigenvalue weighted by atomic mass is 79.9. The predicted molar refractivity (Wildman–Crippen MR) is 83.2 cm³/mol. The number of carbonyl (C=O) groups excluding carboxylic acids is 1. The Balaban J connectivity index is 2.25. The van der Waals surface area contributed by atoms with Gasteiger partial charge in [-0.15, -0.1) is 0 Å². The van der Waals surface area contributed by atoms with E-state index < -0.39 is 0 Å². The summed E-state index contributed by atoms with van der Waals surface area (Å²) in [6.45, 7) is 1.88. The number of nitrogens with zero attached hydrogens (tertiary/aromatic N) is 1. The molecular formula is C13H11Br2N3O. The zero-order valence-corrected chi connectivity index (χ0v) is 13.2. The molecule has 2 rings (SSSR count). The number of nitrogens with one attached hydrogen (secondary N) is 1. The first-order valence-electron chi connectivity index (χ1n) is 5.45. The largest absolute Gasteiger partial charge is 0.399 e. The van der Waals surface area contributed by atoms with E-state index in [2.05, 4.69) is 42.2 Å². The summed E-state index contributed by atoms with van der Waals surface area (Å²) in [5.74, 6) is 0.290. The van der Waals surface area contributed by atoms with Gasteiger partial charge in [-0.2, -0.15) is 0 Å². The summed E-state index contributed by atoms with van der Waals surface area (Å²) in [4.78, 5) is 16.3. The number of nitrogen functional groups attached to an aromatic ring is 1. The van der Waals surface area contributed by atoms with Gasteiger partial charge in [-0.1, -0.05) is 15.9 Å². The summed E-state index contributed by atoms with van der Waals surface area (Å²) in [6, 6.07) is 6.95. The monoisotopic (exact) mass is 383 g/mol. The van der Waals surface area contributed by atoms with Gasteiger partial charge in [-0.25, -0.2) is 4.98 Å². The fourth-order valence-electron chi connectivity index (χ4n) is 1.59. The zero-order valence-electron chi connectivity index (χ0n) is 10.1. The Kier molecular flexibility index (Phi) is 4.21. The number of aryl methyl sites for hydroxylation is 1. The van der Waals surface area contributed by atoms with Gasteiger partial charge in [0.1, 0.15) is 5.82 Å². The van der Waals surface area contributed by atoms with Crippen LogP contribution in [0.5, 0.6) is 0 Å². The maximum atomic E-state index is 12.1. The Morgan fingerprint density at radius 3 is 2.58 bits per heavy atom. The maximum absolute atomic E-state index is 12.1. The standard InChI is InChI=1S/C13H11Br2N3O/c1-7-2-10(15)6-17-12(7)18-13(19)8-3-9(14)5-11(16)4-8/h2-6H,16H2,1H3,(H,17,18,19). The number of hydrogen-bond donors (Lipinski definition) is 2. The molecule has 0 saturated carbocycles. The van der Waals surface area contributed by atoms with Gasteiger partial charge in [-0.05, 0) is 52.7 Å². The molecule has 19 heavy (non-hydrogen) atoms. The van der Waals surface area contributed by atoms with Gasteiger partial charge in [0.2, 0.25) is 0 Å². The highest BCUT2D eigenvalue weighted by Crippen LogP contribution is 2.20. The van der Waals surface area contributed by atoms with Crippen molar-refractivity contribution in [1.29, 1.82) is 0 Å². The quantitative estimate of drug-likeness (QED) is 0.774. The van der Waals surface area contributed by atoms with Crippen molar-refractivity contribution in [3.05, 3.63) is 50.5 Å². The average molecular weight is 385 g/mol. The molecule has 98 valence electrons. The van der Waals surface area contributed by atoms with Crippen LogP contribution < -0.4 is 11.1 Å². The third-order valence-electron chi connectivity index (χ3n) is 2.46. The molecule has 1 aromatic heterocycles. The molecule has 0 radical (unpaired) electrons. The number of benzene rings is 1. The minimum absolute atomic E-state index is 0.245. The topological polar surface area (TPSA) is 68.0 Å². The van der Waals surface area contributed by atoms with E-state index in [9.17, 15) is 4.79 Å². The summed E-state index contributed by atoms with van der Waals surface area (Å²) < 4.78 is 1.63. The zero-order chi connectivity index (χ0) is 14.0. The molecule has 3 N–H and O–H groups in total. The van der Waals surface area contributed by atoms with Crippen molar-refractivity contribution in [3.63, 3.8) is 0 Å². The molecular weight excluding hydrogens is 374 g/mol. The highest BCUT2D eigenvalue weighted by molar-refractivity contribution is 9.10. The Morgan fingerprint density at radius 2 is 1.95 bits per heavy atom. The van der Waals surface area contributed by atoms with Crippen LogP contribution in [0, 0.1) is 6.92 Å². The molecule has 4 nitrogen and oxygen atoms in total. The smallest absolute Gasteiger partial charge is 0.256 e. The second kappa shape index (κ2) is 5.71. The number of hydrogen-bond acceptors (Lipinski definition) is 3. The lowest BCUT2D eigenvalue weighted by Crippen LogP contribution is -2.14. The van der Waals surface area contributed by atoms with Gasteiger partial charge in [0.05, 0.1) is 0 Å². The SMILES string of the molecule is Cc1cc(Br)cnc1NC(=O)c1cc(N)cc(Br)c1. The van der Waals surface area contributed by atoms with Crippen molar-refractivity contribution in [2.45, 2.75) is 6.92 Å². The van der Waals surface area contributed by atoms with Gasteiger partial charge >= 0.3 is 0 Å². The number of pyridine rings is 1. The first-order valence-corrected chi connectivity index (χ1v) is 7.04. The number of amides is 1. The average Bonchev–Trinajstić information content (AvgIpc) is 2.31. The third-order valence-corrected chi connectivity index (χ3v) is 3.35. The first kappa shape index (κ1) is 14.0. The molecule has 0 atom stereocenters. The number of aromatic nitrogens is 1. The molecule has 0 saturated heterocycles. The summed E-state index contributed by atoms with van der Waals surface area (Å²) >= 11 is 6.64. The lowest BCUT2D eigenvalue weighted by molar-refractivity contribution is 0.102. The van der Waals surface area contributed by atoms with Crippen LogP contribution in [-0.4, -0.2) is 10.9 Å². The Morgan fingerprint density at radius 1 is 1.21 bits per heavy atom. The lowest BCUT2D eigenvalue weighted by Gasteiger charge is -2.08. The Bertz CT molecular complexity index is 624. The third kappa shape index (κ3) is 3.54. The molecule has 0 aliphatic heterocycles. The molecule has 2 aromatic rings. The minimum atomic E-state index is -0.245. The van der Waals surface area contributed by atoms with Crippen molar-refractivity contribution in [3.8, 4) is 0 Å². The highest BCUT2D eigenvalue weighted by Gasteiger charge is 2.10. The summed E-state index contributed by atoms with van der Waals surface area (Å²) in [6.07, 6.45) is 1.64. The van der Waals surface area contributed by atoms with Crippen LogP contribution in [0.15, 0.2) is 39.4 Å². The number of carbonyl (C=O) groups is 1. The van der Waals surface area contributed by atoms with E-state index in [-0.39, 0.29) is 5.91 Å². The maximum Gasteiger partial charge on any atom is 0.256 e. The van der Waals surface area contributed by atoms with E-state index in [0.717, 1.165) is 14.5 Å². The molecule has 0 spiro atoms. The van der Waals surface area contributed by atoms with Crippen LogP contribution in [0.25, 0.3) is 0 Å². The van der Waals surface area contributed by atoms with Gasteiger partial charge in [-0.3, -0.25) is 4.79 Å². The van der Waals surface area contributed by atoms with E-state index in [1.54, 1.807) is 24.4 Å². The molecule has 0 bridgehead atoms. The van der Waals surface area contributed by atoms with Crippen LogP contribution in [0.1, 0.15) is 15.9 Å². The summed E-state index contributed by atoms with van der Waals surface area (Å²) in [5.41, 5.74) is 7.60. The molecule has 0 fully saturated rings. The molecule has 1 heterocycles. The van der Waals surface area contributed by atoms with E-state index in [1.165, 1.54) is 0 Å². The Hall–Kier alpha value is -1.40. The van der Waals surface area contributed by atoms with Crippen LogP contribution in [0.4, 0.5) is 11.5 Å². The first-order chi connectivity index (χ1) is 8.95. The van der Waals surface area contributed by atoms with E-state index in [4.69, 9.17) is 5.73 Å². The molecule has 0 unspecified atom stereocenters. The van der Waals surface area contributed by atoms with Crippen molar-refractivity contribution in [2.75, 3.05) is 11.1 Å². The van der Waals surface area contributed by atoms with E-state index >= 15 is 0 Å². The van der Waals surface area contributed by atoms with Crippen LogP contribution in [-0.2, 0) is 0 Å². The van der Waals surface area contributed by atoms with Gasteiger partial charge in [0.25, 0.3) is 5.91 Å². The Labute approximate surface area is 127 Å². The van der Waals surface area contributed by atoms with Crippen LogP contribution in [0.2, 0.25) is 0 Å². The predicted octanol–water partition coefficient (Wildman–Crippen LogP) is 3.75. The fraction of sp³-hybridized carbons (Fsp3) is 0.0769. The van der Waals surface area contributed by atoms with Crippen molar-refractivity contribution in [2.24, 2.45) is 0 Å². The number of halogens is 2. The van der Waals surface area contributed by atoms with E-state index in [1.807, 2.05) is 13.0 Å². The van der Waals surface area contributed by atoms with Crippen molar-refractivity contribution < 1.29 is 4.79 Å². The van der Waals surface area contributed by atoms with Gasteiger partial charge in [0, 0.05) is 26.4 Å². The second-order valence-electron chi connectivity index (χ2n) is 4.05. The summed E-state index contributed by atoms with van der Waals surface area (Å²) in [7, 11) is 0. The van der Waals surface area contributed by atoms with Gasteiger partial charge < -0.3 is 11.1 Å². The van der Waals surface area contributed by atoms with E-state index in [0.29, 0.717) is 17.1 Å².